The standard InChI is InChI=1S/C17H13F3N2O/c1-22-10-9-11-12(5-4-8-15(11)22)16(23)21-14-7-3-2-6-13(14)17(18,19)20/h2-10H,1H3,(H,21,23). The van der Waals surface area contributed by atoms with Crippen molar-refractivity contribution in [2.45, 2.75) is 6.18 Å². The van der Waals surface area contributed by atoms with E-state index in [0.717, 1.165) is 11.6 Å². The molecule has 0 bridgehead atoms. The lowest BCUT2D eigenvalue weighted by atomic mass is 10.1. The summed E-state index contributed by atoms with van der Waals surface area (Å²) in [5, 5.41) is 3.06. The molecule has 1 N–H and O–H groups in total. The number of alkyl halides is 3. The van der Waals surface area contributed by atoms with Gasteiger partial charge in [0.1, 0.15) is 0 Å². The molecule has 0 saturated heterocycles. The van der Waals surface area contributed by atoms with Gasteiger partial charge in [0.2, 0.25) is 0 Å². The lowest BCUT2D eigenvalue weighted by Crippen LogP contribution is -2.16. The highest BCUT2D eigenvalue weighted by Gasteiger charge is 2.33. The number of carbonyl (C=O) groups excluding carboxylic acids is 1. The summed E-state index contributed by atoms with van der Waals surface area (Å²) in [6.45, 7) is 0. The van der Waals surface area contributed by atoms with E-state index in [0.29, 0.717) is 10.9 Å². The Morgan fingerprint density at radius 1 is 1.04 bits per heavy atom. The van der Waals surface area contributed by atoms with Crippen molar-refractivity contribution in [3.05, 3.63) is 65.9 Å². The number of anilines is 1. The minimum Gasteiger partial charge on any atom is -0.351 e. The Hall–Kier alpha value is -2.76. The second kappa shape index (κ2) is 5.46. The van der Waals surface area contributed by atoms with Crippen molar-refractivity contribution in [2.24, 2.45) is 7.05 Å². The van der Waals surface area contributed by atoms with Gasteiger partial charge in [-0.05, 0) is 30.3 Å². The van der Waals surface area contributed by atoms with Crippen molar-refractivity contribution in [2.75, 3.05) is 5.32 Å². The number of nitrogens with zero attached hydrogens (tertiary/aromatic N) is 1. The highest BCUT2D eigenvalue weighted by molar-refractivity contribution is 6.12. The zero-order valence-corrected chi connectivity index (χ0v) is 12.2. The van der Waals surface area contributed by atoms with E-state index >= 15 is 0 Å². The molecule has 0 unspecified atom stereocenters. The molecule has 3 aromatic rings. The zero-order chi connectivity index (χ0) is 16.6. The van der Waals surface area contributed by atoms with Crippen LogP contribution in [0.3, 0.4) is 0 Å². The van der Waals surface area contributed by atoms with Gasteiger partial charge in [-0.2, -0.15) is 13.2 Å². The number of benzene rings is 2. The van der Waals surface area contributed by atoms with Gasteiger partial charge in [0.05, 0.1) is 11.3 Å². The van der Waals surface area contributed by atoms with Crippen molar-refractivity contribution in [1.29, 1.82) is 0 Å². The first-order valence-electron chi connectivity index (χ1n) is 6.89. The van der Waals surface area contributed by atoms with Crippen LogP contribution in [-0.4, -0.2) is 10.5 Å². The molecule has 0 aliphatic heterocycles. The predicted molar refractivity (Wildman–Crippen MR) is 82.3 cm³/mol. The van der Waals surface area contributed by atoms with Gasteiger partial charge in [-0.15, -0.1) is 0 Å². The van der Waals surface area contributed by atoms with Crippen molar-refractivity contribution < 1.29 is 18.0 Å². The van der Waals surface area contributed by atoms with Gasteiger partial charge in [0.15, 0.2) is 0 Å². The third-order valence-corrected chi connectivity index (χ3v) is 3.65. The molecule has 1 amide bonds. The van der Waals surface area contributed by atoms with Crippen LogP contribution in [0.5, 0.6) is 0 Å². The molecule has 0 atom stereocenters. The minimum atomic E-state index is -4.53. The van der Waals surface area contributed by atoms with E-state index in [1.807, 2.05) is 17.7 Å². The molecule has 0 saturated carbocycles. The first-order chi connectivity index (χ1) is 10.9. The van der Waals surface area contributed by atoms with Crippen molar-refractivity contribution in [3.63, 3.8) is 0 Å². The number of nitrogens with one attached hydrogen (secondary N) is 1. The van der Waals surface area contributed by atoms with E-state index in [-0.39, 0.29) is 5.69 Å². The number of para-hydroxylation sites is 1. The Morgan fingerprint density at radius 2 is 1.78 bits per heavy atom. The second-order valence-electron chi connectivity index (χ2n) is 5.16. The number of aryl methyl sites for hydroxylation is 1. The van der Waals surface area contributed by atoms with Crippen LogP contribution in [0.15, 0.2) is 54.7 Å². The Labute approximate surface area is 130 Å². The summed E-state index contributed by atoms with van der Waals surface area (Å²) in [7, 11) is 1.84. The molecule has 0 radical (unpaired) electrons. The fourth-order valence-electron chi connectivity index (χ4n) is 2.53. The topological polar surface area (TPSA) is 34.0 Å². The maximum atomic E-state index is 13.0. The molecule has 3 nitrogen and oxygen atoms in total. The van der Waals surface area contributed by atoms with Gasteiger partial charge in [0, 0.05) is 29.7 Å². The Kier molecular flexibility index (Phi) is 3.60. The summed E-state index contributed by atoms with van der Waals surface area (Å²) in [5.74, 6) is -0.571. The number of rotatable bonds is 2. The van der Waals surface area contributed by atoms with Crippen LogP contribution in [0.1, 0.15) is 15.9 Å². The van der Waals surface area contributed by atoms with Crippen molar-refractivity contribution in [1.82, 2.24) is 4.57 Å². The third-order valence-electron chi connectivity index (χ3n) is 3.65. The molecular weight excluding hydrogens is 305 g/mol. The van der Waals surface area contributed by atoms with Crippen LogP contribution in [0.25, 0.3) is 10.9 Å². The zero-order valence-electron chi connectivity index (χ0n) is 12.2. The van der Waals surface area contributed by atoms with Gasteiger partial charge in [0.25, 0.3) is 5.91 Å². The summed E-state index contributed by atoms with van der Waals surface area (Å²) in [6, 6.07) is 11.8. The van der Waals surface area contributed by atoms with Gasteiger partial charge >= 0.3 is 6.18 Å². The summed E-state index contributed by atoms with van der Waals surface area (Å²) < 4.78 is 40.9. The van der Waals surface area contributed by atoms with E-state index in [4.69, 9.17) is 0 Å². The number of hydrogen-bond donors (Lipinski definition) is 1. The fourth-order valence-corrected chi connectivity index (χ4v) is 2.53. The van der Waals surface area contributed by atoms with Gasteiger partial charge < -0.3 is 9.88 Å². The number of amides is 1. The number of halogens is 3. The Balaban J connectivity index is 1.99. The predicted octanol–water partition coefficient (Wildman–Crippen LogP) is 4.45. The maximum absolute atomic E-state index is 13.0. The number of carbonyl (C=O) groups is 1. The first kappa shape index (κ1) is 15.1. The highest BCUT2D eigenvalue weighted by atomic mass is 19.4. The first-order valence-corrected chi connectivity index (χ1v) is 6.89. The number of hydrogen-bond acceptors (Lipinski definition) is 1. The molecule has 0 aliphatic rings. The Morgan fingerprint density at radius 3 is 2.52 bits per heavy atom. The highest BCUT2D eigenvalue weighted by Crippen LogP contribution is 2.35. The fraction of sp³-hybridized carbons (Fsp3) is 0.118. The van der Waals surface area contributed by atoms with Crippen LogP contribution in [-0.2, 0) is 13.2 Å². The lowest BCUT2D eigenvalue weighted by Gasteiger charge is -2.13. The lowest BCUT2D eigenvalue weighted by molar-refractivity contribution is -0.136. The SMILES string of the molecule is Cn1ccc2c(C(=O)Nc3ccccc3C(F)(F)F)cccc21. The number of aromatic nitrogens is 1. The van der Waals surface area contributed by atoms with Gasteiger partial charge in [-0.1, -0.05) is 18.2 Å². The maximum Gasteiger partial charge on any atom is 0.418 e. The van der Waals surface area contributed by atoms with E-state index in [1.54, 1.807) is 24.4 Å². The molecular formula is C17H13F3N2O. The quantitative estimate of drug-likeness (QED) is 0.744. The second-order valence-corrected chi connectivity index (χ2v) is 5.16. The monoisotopic (exact) mass is 318 g/mol. The molecule has 0 spiro atoms. The van der Waals surface area contributed by atoms with Crippen LogP contribution >= 0.6 is 0 Å². The normalized spacial score (nSPS) is 11.7. The molecule has 0 fully saturated rings. The summed E-state index contributed by atoms with van der Waals surface area (Å²) in [6.07, 6.45) is -2.73. The number of fused-ring (bicyclic) bond motifs is 1. The molecule has 1 aromatic heterocycles. The third kappa shape index (κ3) is 2.79. The van der Waals surface area contributed by atoms with E-state index < -0.39 is 17.6 Å². The van der Waals surface area contributed by atoms with Crippen LogP contribution in [0.4, 0.5) is 18.9 Å². The largest absolute Gasteiger partial charge is 0.418 e. The molecule has 3 rings (SSSR count). The molecule has 1 heterocycles. The molecule has 6 heteroatoms. The smallest absolute Gasteiger partial charge is 0.351 e. The molecule has 0 aliphatic carbocycles. The average Bonchev–Trinajstić information content (AvgIpc) is 2.88. The van der Waals surface area contributed by atoms with Gasteiger partial charge in [-0.25, -0.2) is 0 Å². The molecule has 118 valence electrons. The van der Waals surface area contributed by atoms with Crippen LogP contribution in [0.2, 0.25) is 0 Å². The summed E-state index contributed by atoms with van der Waals surface area (Å²) in [5.41, 5.74) is 0.0494. The van der Waals surface area contributed by atoms with Crippen molar-refractivity contribution >= 4 is 22.5 Å². The average molecular weight is 318 g/mol. The van der Waals surface area contributed by atoms with E-state index in [2.05, 4.69) is 5.32 Å². The summed E-state index contributed by atoms with van der Waals surface area (Å²) >= 11 is 0. The Bertz CT molecular complexity index is 881. The van der Waals surface area contributed by atoms with Crippen LogP contribution in [0, 0.1) is 0 Å². The summed E-state index contributed by atoms with van der Waals surface area (Å²) in [4.78, 5) is 12.4. The van der Waals surface area contributed by atoms with Crippen LogP contribution < -0.4 is 5.32 Å². The van der Waals surface area contributed by atoms with Gasteiger partial charge in [-0.3, -0.25) is 4.79 Å². The van der Waals surface area contributed by atoms with E-state index in [1.165, 1.54) is 18.2 Å². The minimum absolute atomic E-state index is 0.252. The van der Waals surface area contributed by atoms with Crippen molar-refractivity contribution in [3.8, 4) is 0 Å². The van der Waals surface area contributed by atoms with E-state index in [9.17, 15) is 18.0 Å². The molecule has 23 heavy (non-hydrogen) atoms. The molecule has 2 aromatic carbocycles.